The number of hydrogen-bond acceptors (Lipinski definition) is 4. The maximum absolute atomic E-state index is 13.5. The van der Waals surface area contributed by atoms with Gasteiger partial charge in [-0.15, -0.1) is 0 Å². The summed E-state index contributed by atoms with van der Waals surface area (Å²) >= 11 is 6.22. The molecule has 144 valence electrons. The lowest BCUT2D eigenvalue weighted by Crippen LogP contribution is -2.31. The third-order valence-corrected chi connectivity index (χ3v) is 4.62. The maximum Gasteiger partial charge on any atom is 0.269 e. The van der Waals surface area contributed by atoms with Gasteiger partial charge in [0.15, 0.2) is 6.61 Å². The molecule has 4 aromatic rings. The molecular weight excluding hydrogens is 393 g/mol. The third-order valence-electron chi connectivity index (χ3n) is 4.31. The lowest BCUT2D eigenvalue weighted by molar-refractivity contribution is -0.119. The second-order valence-corrected chi connectivity index (χ2v) is 6.58. The summed E-state index contributed by atoms with van der Waals surface area (Å²) in [5.41, 5.74) is 0.902. The van der Waals surface area contributed by atoms with Crippen LogP contribution in [0.5, 0.6) is 5.75 Å². The number of anilines is 2. The molecule has 2 aromatic heterocycles. The third kappa shape index (κ3) is 4.02. The first-order chi connectivity index (χ1) is 14.1. The van der Waals surface area contributed by atoms with Crippen molar-refractivity contribution in [1.29, 1.82) is 0 Å². The molecule has 0 bridgehead atoms. The molecule has 2 heterocycles. The highest BCUT2D eigenvalue weighted by Gasteiger charge is 2.21. The van der Waals surface area contributed by atoms with Crippen LogP contribution in [0.25, 0.3) is 10.8 Å². The molecule has 2 aromatic carbocycles. The van der Waals surface area contributed by atoms with Crippen molar-refractivity contribution in [3.05, 3.63) is 90.2 Å². The molecule has 0 atom stereocenters. The second-order valence-electron chi connectivity index (χ2n) is 6.17. The Hall–Kier alpha value is -3.51. The molecule has 0 unspecified atom stereocenters. The zero-order chi connectivity index (χ0) is 20.2. The smallest absolute Gasteiger partial charge is 0.269 e. The van der Waals surface area contributed by atoms with Crippen molar-refractivity contribution in [2.45, 2.75) is 0 Å². The van der Waals surface area contributed by atoms with Gasteiger partial charge in [0.05, 0.1) is 16.4 Å². The first kappa shape index (κ1) is 18.8. The van der Waals surface area contributed by atoms with Crippen LogP contribution in [0.15, 0.2) is 79.4 Å². The van der Waals surface area contributed by atoms with Crippen LogP contribution in [-0.4, -0.2) is 22.5 Å². The summed E-state index contributed by atoms with van der Waals surface area (Å²) in [5, 5.41) is 1.88. The Morgan fingerprint density at radius 3 is 2.62 bits per heavy atom. The molecule has 0 spiro atoms. The van der Waals surface area contributed by atoms with Crippen molar-refractivity contribution in [2.75, 3.05) is 11.5 Å². The number of pyridine rings is 2. The van der Waals surface area contributed by atoms with Crippen molar-refractivity contribution in [3.8, 4) is 5.75 Å². The van der Waals surface area contributed by atoms with Crippen LogP contribution in [0, 0.1) is 5.82 Å². The first-order valence-corrected chi connectivity index (χ1v) is 9.15. The van der Waals surface area contributed by atoms with Gasteiger partial charge in [-0.25, -0.2) is 4.39 Å². The number of ether oxygens (including phenoxy) is 1. The average molecular weight is 408 g/mol. The summed E-state index contributed by atoms with van der Waals surface area (Å²) in [7, 11) is 0. The van der Waals surface area contributed by atoms with E-state index in [0.29, 0.717) is 17.1 Å². The Morgan fingerprint density at radius 2 is 1.83 bits per heavy atom. The van der Waals surface area contributed by atoms with Crippen molar-refractivity contribution >= 4 is 39.7 Å². The van der Waals surface area contributed by atoms with E-state index in [1.165, 1.54) is 17.0 Å². The number of amides is 1. The fraction of sp³-hybridized carbons (Fsp3) is 0.0455. The maximum atomic E-state index is 13.5. The van der Waals surface area contributed by atoms with E-state index in [1.807, 2.05) is 18.2 Å². The number of benzene rings is 2. The highest BCUT2D eigenvalue weighted by Crippen LogP contribution is 2.33. The zero-order valence-electron chi connectivity index (χ0n) is 15.1. The zero-order valence-corrected chi connectivity index (χ0v) is 15.9. The van der Waals surface area contributed by atoms with Crippen LogP contribution < -0.4 is 9.64 Å². The molecule has 0 N–H and O–H groups in total. The van der Waals surface area contributed by atoms with Crippen LogP contribution >= 0.6 is 11.6 Å². The lowest BCUT2D eigenvalue weighted by atomic mass is 10.1. The van der Waals surface area contributed by atoms with Crippen molar-refractivity contribution in [2.24, 2.45) is 0 Å². The van der Waals surface area contributed by atoms with E-state index in [-0.39, 0.29) is 17.5 Å². The molecule has 0 aliphatic rings. The van der Waals surface area contributed by atoms with Gasteiger partial charge in [0.2, 0.25) is 0 Å². The van der Waals surface area contributed by atoms with Gasteiger partial charge in [-0.05, 0) is 42.5 Å². The Balaban J connectivity index is 1.65. The number of hydrogen-bond donors (Lipinski definition) is 0. The molecule has 4 rings (SSSR count). The lowest BCUT2D eigenvalue weighted by Gasteiger charge is -2.24. The largest absolute Gasteiger partial charge is 0.483 e. The quantitative estimate of drug-likeness (QED) is 0.458. The van der Waals surface area contributed by atoms with Crippen molar-refractivity contribution < 1.29 is 13.9 Å². The number of rotatable bonds is 5. The Morgan fingerprint density at radius 1 is 1.03 bits per heavy atom. The van der Waals surface area contributed by atoms with E-state index in [4.69, 9.17) is 16.3 Å². The van der Waals surface area contributed by atoms with Gasteiger partial charge >= 0.3 is 0 Å². The number of fused-ring (bicyclic) bond motifs is 1. The van der Waals surface area contributed by atoms with E-state index in [2.05, 4.69) is 9.97 Å². The fourth-order valence-electron chi connectivity index (χ4n) is 3.00. The summed E-state index contributed by atoms with van der Waals surface area (Å²) in [6, 6.07) is 14.6. The molecule has 0 aliphatic heterocycles. The highest BCUT2D eigenvalue weighted by atomic mass is 35.5. The van der Waals surface area contributed by atoms with Crippen molar-refractivity contribution in [3.63, 3.8) is 0 Å². The Labute approximate surface area is 171 Å². The molecule has 0 radical (unpaired) electrons. The van der Waals surface area contributed by atoms with E-state index in [9.17, 15) is 9.18 Å². The predicted octanol–water partition coefficient (Wildman–Crippen LogP) is 5.17. The molecular formula is C22H15ClFN3O2. The second kappa shape index (κ2) is 8.24. The molecule has 1 amide bonds. The van der Waals surface area contributed by atoms with Crippen molar-refractivity contribution in [1.82, 2.24) is 9.97 Å². The molecule has 0 fully saturated rings. The van der Waals surface area contributed by atoms with Crippen LogP contribution in [0.4, 0.5) is 15.8 Å². The standard InChI is InChI=1S/C22H15ClFN3O2/c23-19-12-16(24)4-5-20(19)27(17-6-9-25-10-7-17)22(28)14-29-21-3-1-2-15-13-26-11-8-18(15)21/h1-13H,14H2. The number of carbonyl (C=O) groups excluding carboxylic acids is 1. The van der Waals surface area contributed by atoms with Gasteiger partial charge in [-0.3, -0.25) is 19.7 Å². The SMILES string of the molecule is O=C(COc1cccc2cnccc12)N(c1ccncc1)c1ccc(F)cc1Cl. The highest BCUT2D eigenvalue weighted by molar-refractivity contribution is 6.34. The van der Waals surface area contributed by atoms with Crippen LogP contribution in [0.1, 0.15) is 0 Å². The molecule has 29 heavy (non-hydrogen) atoms. The monoisotopic (exact) mass is 407 g/mol. The molecule has 7 heteroatoms. The summed E-state index contributed by atoms with van der Waals surface area (Å²) in [6.45, 7) is -0.239. The normalized spacial score (nSPS) is 10.7. The van der Waals surface area contributed by atoms with Gasteiger partial charge in [-0.1, -0.05) is 23.7 Å². The first-order valence-electron chi connectivity index (χ1n) is 8.77. The molecule has 0 aliphatic carbocycles. The Kier molecular flexibility index (Phi) is 5.35. The number of aromatic nitrogens is 2. The summed E-state index contributed by atoms with van der Waals surface area (Å²) in [4.78, 5) is 22.6. The van der Waals surface area contributed by atoms with Gasteiger partial charge in [0.25, 0.3) is 5.91 Å². The minimum absolute atomic E-state index is 0.117. The minimum atomic E-state index is -0.485. The van der Waals surface area contributed by atoms with E-state index in [1.54, 1.807) is 43.0 Å². The number of halogens is 2. The van der Waals surface area contributed by atoms with Crippen LogP contribution in [0.3, 0.4) is 0 Å². The predicted molar refractivity (Wildman–Crippen MR) is 110 cm³/mol. The van der Waals surface area contributed by atoms with Gasteiger partial charge in [0, 0.05) is 35.6 Å². The van der Waals surface area contributed by atoms with Gasteiger partial charge < -0.3 is 4.74 Å². The summed E-state index contributed by atoms with van der Waals surface area (Å²) in [6.07, 6.45) is 6.52. The van der Waals surface area contributed by atoms with Crippen LogP contribution in [0.2, 0.25) is 5.02 Å². The van der Waals surface area contributed by atoms with E-state index < -0.39 is 5.82 Å². The Bertz CT molecular complexity index is 1170. The average Bonchev–Trinajstić information content (AvgIpc) is 2.75. The van der Waals surface area contributed by atoms with Crippen LogP contribution in [-0.2, 0) is 4.79 Å². The van der Waals surface area contributed by atoms with Gasteiger partial charge in [-0.2, -0.15) is 0 Å². The summed E-state index contributed by atoms with van der Waals surface area (Å²) < 4.78 is 19.3. The molecule has 5 nitrogen and oxygen atoms in total. The van der Waals surface area contributed by atoms with E-state index in [0.717, 1.165) is 16.8 Å². The number of nitrogens with zero attached hydrogens (tertiary/aromatic N) is 3. The molecule has 0 saturated carbocycles. The number of carbonyl (C=O) groups is 1. The van der Waals surface area contributed by atoms with E-state index >= 15 is 0 Å². The summed E-state index contributed by atoms with van der Waals surface area (Å²) in [5.74, 6) is -0.282. The topological polar surface area (TPSA) is 55.3 Å². The fourth-order valence-corrected chi connectivity index (χ4v) is 3.25. The molecule has 0 saturated heterocycles. The minimum Gasteiger partial charge on any atom is -0.483 e. The van der Waals surface area contributed by atoms with Gasteiger partial charge in [0.1, 0.15) is 11.6 Å².